The SMILES string of the molecule is NC(=O)C12CC3C[C@H](C1)C(NC(=O)N1CCN(c4ncc(-c5ccc(OC6CCNCC6)cc5)cn4)c4ccccc41)[C@@H](C3)C2. The normalized spacial score (nSPS) is 28.9. The molecule has 5 atom stereocenters. The molecule has 1 saturated heterocycles. The molecule has 3 amide bonds. The molecule has 10 nitrogen and oxygen atoms in total. The first-order valence-corrected chi connectivity index (χ1v) is 16.5. The fourth-order valence-corrected chi connectivity index (χ4v) is 9.00. The smallest absolute Gasteiger partial charge is 0.322 e. The number of hydrogen-bond donors (Lipinski definition) is 3. The molecule has 3 unspecified atom stereocenters. The summed E-state index contributed by atoms with van der Waals surface area (Å²) >= 11 is 0. The third kappa shape index (κ3) is 5.18. The van der Waals surface area contributed by atoms with Gasteiger partial charge in [-0.3, -0.25) is 9.69 Å². The summed E-state index contributed by atoms with van der Waals surface area (Å²) in [5.74, 6) is 2.52. The molecule has 4 saturated carbocycles. The number of aromatic nitrogens is 2. The van der Waals surface area contributed by atoms with Gasteiger partial charge in [0.25, 0.3) is 0 Å². The minimum absolute atomic E-state index is 0.0726. The predicted molar refractivity (Wildman–Crippen MR) is 172 cm³/mol. The number of nitrogens with zero attached hydrogens (tertiary/aromatic N) is 4. The number of fused-ring (bicyclic) bond motifs is 1. The minimum atomic E-state index is -0.365. The summed E-state index contributed by atoms with van der Waals surface area (Å²) in [6, 6.07) is 16.1. The molecule has 6 aliphatic rings. The van der Waals surface area contributed by atoms with Crippen LogP contribution in [0.25, 0.3) is 11.1 Å². The molecule has 2 aromatic carbocycles. The molecule has 4 N–H and O–H groups in total. The number of rotatable bonds is 6. The fraction of sp³-hybridized carbons (Fsp3) is 0.486. The highest BCUT2D eigenvalue weighted by atomic mass is 16.5. The topological polar surface area (TPSA) is 126 Å². The van der Waals surface area contributed by atoms with Crippen molar-refractivity contribution in [3.8, 4) is 16.9 Å². The number of nitrogens with one attached hydrogen (secondary N) is 2. The van der Waals surface area contributed by atoms with Crippen LogP contribution < -0.4 is 30.9 Å². The van der Waals surface area contributed by atoms with Crippen LogP contribution in [-0.4, -0.2) is 60.2 Å². The summed E-state index contributed by atoms with van der Waals surface area (Å²) in [7, 11) is 0. The number of urea groups is 1. The van der Waals surface area contributed by atoms with Crippen molar-refractivity contribution in [1.29, 1.82) is 0 Å². The molecule has 234 valence electrons. The van der Waals surface area contributed by atoms with Crippen molar-refractivity contribution >= 4 is 29.3 Å². The molecule has 0 radical (unpaired) electrons. The van der Waals surface area contributed by atoms with Crippen LogP contribution in [0.3, 0.4) is 0 Å². The molecule has 3 aromatic rings. The number of benzene rings is 2. The number of hydrogen-bond acceptors (Lipinski definition) is 7. The van der Waals surface area contributed by atoms with Crippen LogP contribution in [0, 0.1) is 23.2 Å². The van der Waals surface area contributed by atoms with E-state index in [1.165, 1.54) is 0 Å². The highest BCUT2D eigenvalue weighted by Gasteiger charge is 2.58. The van der Waals surface area contributed by atoms with Crippen molar-refractivity contribution < 1.29 is 14.3 Å². The van der Waals surface area contributed by atoms with Gasteiger partial charge in [-0.1, -0.05) is 24.3 Å². The average molecular weight is 608 g/mol. The highest BCUT2D eigenvalue weighted by molar-refractivity contribution is 5.98. The van der Waals surface area contributed by atoms with Crippen molar-refractivity contribution in [2.75, 3.05) is 36.0 Å². The van der Waals surface area contributed by atoms with Crippen molar-refractivity contribution in [2.24, 2.45) is 28.9 Å². The van der Waals surface area contributed by atoms with Gasteiger partial charge < -0.3 is 26.0 Å². The van der Waals surface area contributed by atoms with Gasteiger partial charge in [0.15, 0.2) is 0 Å². The lowest BCUT2D eigenvalue weighted by Crippen LogP contribution is -2.63. The van der Waals surface area contributed by atoms with E-state index in [-0.39, 0.29) is 29.5 Å². The van der Waals surface area contributed by atoms with Gasteiger partial charge in [-0.05, 0) is 106 Å². The van der Waals surface area contributed by atoms with Gasteiger partial charge in [-0.25, -0.2) is 14.8 Å². The molecule has 45 heavy (non-hydrogen) atoms. The first-order valence-electron chi connectivity index (χ1n) is 16.5. The number of piperidine rings is 1. The number of ether oxygens (including phenoxy) is 1. The van der Waals surface area contributed by atoms with E-state index >= 15 is 0 Å². The Morgan fingerprint density at radius 3 is 2.27 bits per heavy atom. The van der Waals surface area contributed by atoms with E-state index < -0.39 is 0 Å². The first-order chi connectivity index (χ1) is 22.0. The first kappa shape index (κ1) is 28.3. The van der Waals surface area contributed by atoms with E-state index in [0.717, 1.165) is 86.3 Å². The number of para-hydroxylation sites is 2. The monoisotopic (exact) mass is 607 g/mol. The summed E-state index contributed by atoms with van der Waals surface area (Å²) in [4.78, 5) is 39.6. The molecule has 3 heterocycles. The third-order valence-corrected chi connectivity index (χ3v) is 11.0. The van der Waals surface area contributed by atoms with Crippen molar-refractivity contribution in [3.05, 3.63) is 60.9 Å². The zero-order valence-electron chi connectivity index (χ0n) is 25.5. The molecular formula is C35H41N7O3. The standard InChI is InChI=1S/C35H41N7O3/c36-32(43)35-17-22-15-24(18-35)31(25(16-22)19-35)40-34(44)42-14-13-41(29-3-1-2-4-30(29)42)33-38-20-26(21-39-33)23-5-7-27(8-6-23)45-28-9-11-37-12-10-28/h1-8,20-22,24-25,28,31,37H,9-19H2,(H2,36,43)(H,40,44)/t22?,24-,25+,31?,35?. The van der Waals surface area contributed by atoms with Crippen LogP contribution in [0.1, 0.15) is 44.9 Å². The fourth-order valence-electron chi connectivity index (χ4n) is 9.00. The van der Waals surface area contributed by atoms with E-state index in [4.69, 9.17) is 20.4 Å². The van der Waals surface area contributed by atoms with Crippen LogP contribution in [-0.2, 0) is 4.79 Å². The van der Waals surface area contributed by atoms with Gasteiger partial charge in [0, 0.05) is 42.5 Å². The van der Waals surface area contributed by atoms with Crippen LogP contribution in [0.4, 0.5) is 22.1 Å². The summed E-state index contributed by atoms with van der Waals surface area (Å²) in [6.45, 7) is 3.10. The number of anilines is 3. The van der Waals surface area contributed by atoms with Crippen molar-refractivity contribution in [3.63, 3.8) is 0 Å². The Bertz CT molecular complexity index is 1560. The number of nitrogens with two attached hydrogens (primary N) is 1. The Balaban J connectivity index is 0.953. The second-order valence-electron chi connectivity index (χ2n) is 13.7. The Labute approximate surface area is 263 Å². The van der Waals surface area contributed by atoms with E-state index in [9.17, 15) is 9.59 Å². The number of carbonyl (C=O) groups excluding carboxylic acids is 2. The van der Waals surface area contributed by atoms with Gasteiger partial charge in [-0.2, -0.15) is 0 Å². The maximum absolute atomic E-state index is 13.8. The van der Waals surface area contributed by atoms with Crippen LogP contribution >= 0.6 is 0 Å². The quantitative estimate of drug-likeness (QED) is 0.373. The van der Waals surface area contributed by atoms with Crippen LogP contribution in [0.2, 0.25) is 0 Å². The molecule has 2 aliphatic heterocycles. The van der Waals surface area contributed by atoms with Crippen molar-refractivity contribution in [2.45, 2.75) is 57.1 Å². The lowest BCUT2D eigenvalue weighted by atomic mass is 9.47. The Morgan fingerprint density at radius 1 is 0.889 bits per heavy atom. The average Bonchev–Trinajstić information content (AvgIpc) is 3.06. The zero-order chi connectivity index (χ0) is 30.5. The summed E-state index contributed by atoms with van der Waals surface area (Å²) in [5.41, 5.74) is 9.24. The molecule has 5 fully saturated rings. The summed E-state index contributed by atoms with van der Waals surface area (Å²) < 4.78 is 6.16. The Hall–Kier alpha value is -4.18. The molecule has 1 aromatic heterocycles. The van der Waals surface area contributed by atoms with Crippen LogP contribution in [0.5, 0.6) is 5.75 Å². The molecule has 10 heteroatoms. The second kappa shape index (κ2) is 11.3. The largest absolute Gasteiger partial charge is 0.490 e. The Kier molecular flexibility index (Phi) is 7.12. The summed E-state index contributed by atoms with van der Waals surface area (Å²) in [6.07, 6.45) is 10.7. The number of primary amides is 1. The van der Waals surface area contributed by atoms with Crippen LogP contribution in [0.15, 0.2) is 60.9 Å². The number of amides is 3. The lowest BCUT2D eigenvalue weighted by molar-refractivity contribution is -0.145. The molecule has 4 bridgehead atoms. The summed E-state index contributed by atoms with van der Waals surface area (Å²) in [5, 5.41) is 6.78. The molecule has 9 rings (SSSR count). The Morgan fingerprint density at radius 2 is 1.58 bits per heavy atom. The van der Waals surface area contributed by atoms with E-state index in [1.54, 1.807) is 0 Å². The van der Waals surface area contributed by atoms with Gasteiger partial charge >= 0.3 is 6.03 Å². The third-order valence-electron chi connectivity index (χ3n) is 11.0. The van der Waals surface area contributed by atoms with Gasteiger partial charge in [0.05, 0.1) is 11.4 Å². The predicted octanol–water partition coefficient (Wildman–Crippen LogP) is 4.62. The highest BCUT2D eigenvalue weighted by Crippen LogP contribution is 2.60. The molecular weight excluding hydrogens is 566 g/mol. The minimum Gasteiger partial charge on any atom is -0.490 e. The van der Waals surface area contributed by atoms with E-state index in [1.807, 2.05) is 53.7 Å². The lowest BCUT2D eigenvalue weighted by Gasteiger charge is -2.59. The van der Waals surface area contributed by atoms with E-state index in [0.29, 0.717) is 36.8 Å². The van der Waals surface area contributed by atoms with E-state index in [2.05, 4.69) is 27.7 Å². The van der Waals surface area contributed by atoms with Gasteiger partial charge in [0.2, 0.25) is 11.9 Å². The zero-order valence-corrected chi connectivity index (χ0v) is 25.5. The van der Waals surface area contributed by atoms with Gasteiger partial charge in [-0.15, -0.1) is 0 Å². The maximum Gasteiger partial charge on any atom is 0.322 e. The molecule has 0 spiro atoms. The van der Waals surface area contributed by atoms with Gasteiger partial charge in [0.1, 0.15) is 11.9 Å². The molecule has 4 aliphatic carbocycles. The van der Waals surface area contributed by atoms with Crippen molar-refractivity contribution in [1.82, 2.24) is 20.6 Å². The maximum atomic E-state index is 13.8. The number of carbonyl (C=O) groups is 2. The second-order valence-corrected chi connectivity index (χ2v) is 13.7.